The number of aliphatic hydroxyl groups is 1. The molecule has 1 aliphatic rings. The first-order valence-corrected chi connectivity index (χ1v) is 9.04. The zero-order valence-corrected chi connectivity index (χ0v) is 15.0. The maximum Gasteiger partial charge on any atom is 0.417 e. The summed E-state index contributed by atoms with van der Waals surface area (Å²) in [5.74, 6) is 0. The Morgan fingerprint density at radius 1 is 0.931 bits per heavy atom. The quantitative estimate of drug-likeness (QED) is 0.573. The van der Waals surface area contributed by atoms with E-state index in [0.717, 1.165) is 18.2 Å². The van der Waals surface area contributed by atoms with E-state index in [1.165, 1.54) is 6.07 Å². The van der Waals surface area contributed by atoms with Crippen molar-refractivity contribution in [3.8, 4) is 0 Å². The lowest BCUT2D eigenvalue weighted by Crippen LogP contribution is -2.24. The van der Waals surface area contributed by atoms with E-state index in [1.807, 2.05) is 0 Å². The van der Waals surface area contributed by atoms with Crippen molar-refractivity contribution < 1.29 is 31.4 Å². The minimum absolute atomic E-state index is 0.0228. The lowest BCUT2D eigenvalue weighted by Gasteiger charge is -2.23. The Kier molecular flexibility index (Phi) is 4.73. The molecular weight excluding hydrogens is 400 g/mol. The number of benzene rings is 1. The van der Waals surface area contributed by atoms with Crippen molar-refractivity contribution in [2.24, 2.45) is 0 Å². The standard InChI is InChI=1S/C19H17F6N3O/c20-18(21,22)10-1-2-14-12(7-10)13-8-11(19(23,24)25)9-27-17(13)28(14)15-3-5-26-6-4-16(15)29/h1-2,7-9,15-16,26,29H,3-6H2/t15-,16-/m1/s1. The van der Waals surface area contributed by atoms with Gasteiger partial charge in [-0.05, 0) is 50.2 Å². The summed E-state index contributed by atoms with van der Waals surface area (Å²) in [5.41, 5.74) is -1.56. The Balaban J connectivity index is 2.03. The van der Waals surface area contributed by atoms with Crippen molar-refractivity contribution in [2.45, 2.75) is 37.3 Å². The van der Waals surface area contributed by atoms with Crippen molar-refractivity contribution in [1.29, 1.82) is 0 Å². The molecule has 0 saturated carbocycles. The molecule has 2 aromatic heterocycles. The molecule has 3 aromatic rings. The Morgan fingerprint density at radius 3 is 2.28 bits per heavy atom. The highest BCUT2D eigenvalue weighted by molar-refractivity contribution is 6.07. The molecule has 2 atom stereocenters. The average Bonchev–Trinajstić information content (AvgIpc) is 2.80. The Labute approximate surface area is 161 Å². The number of aliphatic hydroxyl groups excluding tert-OH is 1. The smallest absolute Gasteiger partial charge is 0.391 e. The minimum atomic E-state index is -4.68. The van der Waals surface area contributed by atoms with Crippen LogP contribution in [0.3, 0.4) is 0 Å². The molecule has 29 heavy (non-hydrogen) atoms. The van der Waals surface area contributed by atoms with Gasteiger partial charge in [-0.25, -0.2) is 4.98 Å². The van der Waals surface area contributed by atoms with Gasteiger partial charge in [0, 0.05) is 17.0 Å². The molecule has 1 fully saturated rings. The van der Waals surface area contributed by atoms with Crippen molar-refractivity contribution in [2.75, 3.05) is 13.1 Å². The highest BCUT2D eigenvalue weighted by Crippen LogP contribution is 2.40. The largest absolute Gasteiger partial charge is 0.417 e. The third-order valence-corrected chi connectivity index (χ3v) is 5.31. The van der Waals surface area contributed by atoms with E-state index in [0.29, 0.717) is 37.6 Å². The molecule has 0 amide bonds. The van der Waals surface area contributed by atoms with Crippen LogP contribution in [0.5, 0.6) is 0 Å². The number of hydrogen-bond donors (Lipinski definition) is 2. The number of pyridine rings is 1. The second-order valence-corrected chi connectivity index (χ2v) is 7.15. The molecule has 0 bridgehead atoms. The summed E-state index contributed by atoms with van der Waals surface area (Å²) in [6.45, 7) is 1.13. The number of fused-ring (bicyclic) bond motifs is 3. The molecule has 1 aliphatic heterocycles. The van der Waals surface area contributed by atoms with Gasteiger partial charge >= 0.3 is 12.4 Å². The van der Waals surface area contributed by atoms with Gasteiger partial charge in [0.15, 0.2) is 0 Å². The topological polar surface area (TPSA) is 50.1 Å². The van der Waals surface area contributed by atoms with Gasteiger partial charge in [-0.3, -0.25) is 0 Å². The van der Waals surface area contributed by atoms with Crippen LogP contribution in [0.1, 0.15) is 30.0 Å². The van der Waals surface area contributed by atoms with E-state index in [-0.39, 0.29) is 16.4 Å². The summed E-state index contributed by atoms with van der Waals surface area (Å²) >= 11 is 0. The van der Waals surface area contributed by atoms with Crippen LogP contribution in [0.2, 0.25) is 0 Å². The zero-order valence-electron chi connectivity index (χ0n) is 15.0. The van der Waals surface area contributed by atoms with E-state index in [2.05, 4.69) is 10.3 Å². The molecule has 2 N–H and O–H groups in total. The van der Waals surface area contributed by atoms with Crippen LogP contribution >= 0.6 is 0 Å². The summed E-state index contributed by atoms with van der Waals surface area (Å²) in [7, 11) is 0. The number of aromatic nitrogens is 2. The van der Waals surface area contributed by atoms with Gasteiger partial charge in [-0.1, -0.05) is 0 Å². The van der Waals surface area contributed by atoms with Crippen LogP contribution in [-0.2, 0) is 12.4 Å². The molecule has 0 aliphatic carbocycles. The van der Waals surface area contributed by atoms with E-state index in [9.17, 15) is 31.4 Å². The number of rotatable bonds is 1. The van der Waals surface area contributed by atoms with Crippen LogP contribution in [-0.4, -0.2) is 33.9 Å². The Hall–Kier alpha value is -2.33. The molecule has 0 radical (unpaired) electrons. The maximum atomic E-state index is 13.2. The van der Waals surface area contributed by atoms with Crippen LogP contribution in [0, 0.1) is 0 Å². The van der Waals surface area contributed by atoms with Crippen LogP contribution in [0.15, 0.2) is 30.5 Å². The van der Waals surface area contributed by atoms with Crippen molar-refractivity contribution in [3.63, 3.8) is 0 Å². The molecule has 0 spiro atoms. The molecule has 0 unspecified atom stereocenters. The molecule has 4 rings (SSSR count). The summed E-state index contributed by atoms with van der Waals surface area (Å²) in [5, 5.41) is 13.7. The summed E-state index contributed by atoms with van der Waals surface area (Å²) < 4.78 is 80.8. The molecular formula is C19H17F6N3O. The highest BCUT2D eigenvalue weighted by Gasteiger charge is 2.35. The fourth-order valence-corrected chi connectivity index (χ4v) is 3.90. The summed E-state index contributed by atoms with van der Waals surface area (Å²) in [6.07, 6.45) is -8.58. The second-order valence-electron chi connectivity index (χ2n) is 7.15. The second kappa shape index (κ2) is 6.88. The van der Waals surface area contributed by atoms with Gasteiger partial charge in [0.05, 0.1) is 28.8 Å². The third kappa shape index (κ3) is 3.55. The predicted octanol–water partition coefficient (Wildman–Crippen LogP) is 4.51. The van der Waals surface area contributed by atoms with Crippen LogP contribution < -0.4 is 5.32 Å². The first-order chi connectivity index (χ1) is 13.6. The third-order valence-electron chi connectivity index (χ3n) is 5.31. The fraction of sp³-hybridized carbons (Fsp3) is 0.421. The van der Waals surface area contributed by atoms with E-state index in [4.69, 9.17) is 0 Å². The predicted molar refractivity (Wildman–Crippen MR) is 94.4 cm³/mol. The van der Waals surface area contributed by atoms with E-state index < -0.39 is 35.6 Å². The lowest BCUT2D eigenvalue weighted by molar-refractivity contribution is -0.138. The molecule has 4 nitrogen and oxygen atoms in total. The fourth-order valence-electron chi connectivity index (χ4n) is 3.90. The molecule has 1 saturated heterocycles. The normalized spacial score (nSPS) is 21.6. The lowest BCUT2D eigenvalue weighted by atomic mass is 10.1. The van der Waals surface area contributed by atoms with Crippen molar-refractivity contribution in [3.05, 3.63) is 41.6 Å². The minimum Gasteiger partial charge on any atom is -0.391 e. The number of alkyl halides is 6. The Bertz CT molecular complexity index is 985. The molecule has 1 aromatic carbocycles. The van der Waals surface area contributed by atoms with Gasteiger partial charge in [0.25, 0.3) is 0 Å². The first-order valence-electron chi connectivity index (χ1n) is 9.04. The number of halogens is 6. The van der Waals surface area contributed by atoms with Gasteiger partial charge in [0.2, 0.25) is 0 Å². The Morgan fingerprint density at radius 2 is 1.59 bits per heavy atom. The maximum absolute atomic E-state index is 13.2. The number of hydrogen-bond acceptors (Lipinski definition) is 3. The average molecular weight is 417 g/mol. The zero-order chi connectivity index (χ0) is 21.0. The molecule has 10 heteroatoms. The number of nitrogens with one attached hydrogen (secondary N) is 1. The molecule has 156 valence electrons. The number of nitrogens with zero attached hydrogens (tertiary/aromatic N) is 2. The monoisotopic (exact) mass is 417 g/mol. The van der Waals surface area contributed by atoms with Gasteiger partial charge in [-0.2, -0.15) is 26.3 Å². The first kappa shape index (κ1) is 20.0. The summed E-state index contributed by atoms with van der Waals surface area (Å²) in [6, 6.07) is 3.27. The van der Waals surface area contributed by atoms with E-state index in [1.54, 1.807) is 4.57 Å². The van der Waals surface area contributed by atoms with Gasteiger partial charge < -0.3 is 15.0 Å². The van der Waals surface area contributed by atoms with Crippen molar-refractivity contribution in [1.82, 2.24) is 14.9 Å². The van der Waals surface area contributed by atoms with Crippen LogP contribution in [0.25, 0.3) is 21.9 Å². The molecule has 3 heterocycles. The van der Waals surface area contributed by atoms with Gasteiger partial charge in [0.1, 0.15) is 5.65 Å². The van der Waals surface area contributed by atoms with Crippen molar-refractivity contribution >= 4 is 21.9 Å². The summed E-state index contributed by atoms with van der Waals surface area (Å²) in [4.78, 5) is 3.95. The van der Waals surface area contributed by atoms with Gasteiger partial charge in [-0.15, -0.1) is 0 Å². The van der Waals surface area contributed by atoms with E-state index >= 15 is 0 Å². The van der Waals surface area contributed by atoms with Crippen LogP contribution in [0.4, 0.5) is 26.3 Å². The SMILES string of the molecule is O[C@@H]1CCNCC[C@H]1n1c2ccc(C(F)(F)F)cc2c2cc(C(F)(F)F)cnc21. The highest BCUT2D eigenvalue weighted by atomic mass is 19.4.